The highest BCUT2D eigenvalue weighted by Crippen LogP contribution is 2.37. The van der Waals surface area contributed by atoms with Crippen LogP contribution in [0.5, 0.6) is 0 Å². The van der Waals surface area contributed by atoms with E-state index in [0.29, 0.717) is 0 Å². The first-order valence-electron chi connectivity index (χ1n) is 9.42. The van der Waals surface area contributed by atoms with E-state index in [1.165, 1.54) is 64.2 Å². The van der Waals surface area contributed by atoms with E-state index in [1.54, 1.807) is 0 Å². The first-order chi connectivity index (χ1) is 9.69. The minimum Gasteiger partial charge on any atom is -0.314 e. The van der Waals surface area contributed by atoms with Crippen molar-refractivity contribution in [1.82, 2.24) is 5.32 Å². The van der Waals surface area contributed by atoms with Crippen LogP contribution in [0.25, 0.3) is 0 Å². The van der Waals surface area contributed by atoms with Crippen molar-refractivity contribution in [3.05, 3.63) is 0 Å². The molecule has 0 amide bonds. The fourth-order valence-electron chi connectivity index (χ4n) is 5.00. The minimum atomic E-state index is 0.799. The van der Waals surface area contributed by atoms with Crippen molar-refractivity contribution >= 4 is 0 Å². The van der Waals surface area contributed by atoms with Crippen LogP contribution in [0.1, 0.15) is 85.0 Å². The van der Waals surface area contributed by atoms with Gasteiger partial charge in [0.25, 0.3) is 0 Å². The van der Waals surface area contributed by atoms with Crippen molar-refractivity contribution in [2.24, 2.45) is 23.7 Å². The second-order valence-corrected chi connectivity index (χ2v) is 7.93. The van der Waals surface area contributed by atoms with Gasteiger partial charge in [0.05, 0.1) is 0 Å². The van der Waals surface area contributed by atoms with Gasteiger partial charge in [-0.3, -0.25) is 0 Å². The molecule has 0 spiro atoms. The van der Waals surface area contributed by atoms with Crippen LogP contribution in [-0.2, 0) is 0 Å². The van der Waals surface area contributed by atoms with E-state index >= 15 is 0 Å². The van der Waals surface area contributed by atoms with E-state index < -0.39 is 0 Å². The Hall–Kier alpha value is -0.0400. The Morgan fingerprint density at radius 2 is 1.50 bits per heavy atom. The first-order valence-corrected chi connectivity index (χ1v) is 9.42. The molecule has 0 saturated heterocycles. The molecule has 3 unspecified atom stereocenters. The Bertz CT molecular complexity index is 244. The quantitative estimate of drug-likeness (QED) is 0.665. The molecule has 2 rings (SSSR count). The molecule has 0 aromatic rings. The zero-order chi connectivity index (χ0) is 14.4. The SMILES string of the molecule is CCNC(CC1CCCCCC1)C1CC(C)CC(C)C1. The lowest BCUT2D eigenvalue weighted by molar-refractivity contribution is 0.158. The third-order valence-corrected chi connectivity index (χ3v) is 5.81. The average molecular weight is 280 g/mol. The zero-order valence-electron chi connectivity index (χ0n) is 14.2. The maximum atomic E-state index is 3.86. The number of nitrogens with one attached hydrogen (secondary N) is 1. The number of hydrogen-bond acceptors (Lipinski definition) is 1. The normalized spacial score (nSPS) is 34.6. The van der Waals surface area contributed by atoms with Crippen molar-refractivity contribution in [2.75, 3.05) is 6.54 Å². The molecular weight excluding hydrogens is 242 g/mol. The van der Waals surface area contributed by atoms with Gasteiger partial charge >= 0.3 is 0 Å². The van der Waals surface area contributed by atoms with Crippen molar-refractivity contribution in [3.63, 3.8) is 0 Å². The van der Waals surface area contributed by atoms with Crippen LogP contribution < -0.4 is 5.32 Å². The topological polar surface area (TPSA) is 12.0 Å². The fourth-order valence-corrected chi connectivity index (χ4v) is 5.00. The first kappa shape index (κ1) is 16.3. The van der Waals surface area contributed by atoms with Crippen LogP contribution in [0.15, 0.2) is 0 Å². The van der Waals surface area contributed by atoms with E-state index in [-0.39, 0.29) is 0 Å². The molecule has 2 aliphatic rings. The summed E-state index contributed by atoms with van der Waals surface area (Å²) in [4.78, 5) is 0. The lowest BCUT2D eigenvalue weighted by atomic mass is 9.72. The highest BCUT2D eigenvalue weighted by Gasteiger charge is 2.31. The van der Waals surface area contributed by atoms with Crippen LogP contribution in [0.2, 0.25) is 0 Å². The van der Waals surface area contributed by atoms with Gasteiger partial charge in [0.2, 0.25) is 0 Å². The highest BCUT2D eigenvalue weighted by molar-refractivity contribution is 4.85. The fraction of sp³-hybridized carbons (Fsp3) is 1.00. The van der Waals surface area contributed by atoms with E-state index in [9.17, 15) is 0 Å². The largest absolute Gasteiger partial charge is 0.314 e. The van der Waals surface area contributed by atoms with Crippen LogP contribution in [0, 0.1) is 23.7 Å². The molecule has 0 aromatic heterocycles. The predicted molar refractivity (Wildman–Crippen MR) is 88.9 cm³/mol. The third-order valence-electron chi connectivity index (χ3n) is 5.81. The van der Waals surface area contributed by atoms with Crippen LogP contribution in [-0.4, -0.2) is 12.6 Å². The van der Waals surface area contributed by atoms with Crippen molar-refractivity contribution in [3.8, 4) is 0 Å². The number of rotatable bonds is 5. The average Bonchev–Trinajstić information content (AvgIpc) is 2.65. The summed E-state index contributed by atoms with van der Waals surface area (Å²) in [6.07, 6.45) is 14.8. The van der Waals surface area contributed by atoms with Gasteiger partial charge < -0.3 is 5.32 Å². The summed E-state index contributed by atoms with van der Waals surface area (Å²) < 4.78 is 0. The lowest BCUT2D eigenvalue weighted by Crippen LogP contribution is -2.41. The van der Waals surface area contributed by atoms with Crippen molar-refractivity contribution in [2.45, 2.75) is 91.0 Å². The molecule has 0 heterocycles. The summed E-state index contributed by atoms with van der Waals surface area (Å²) in [5.74, 6) is 3.84. The van der Waals surface area contributed by atoms with Gasteiger partial charge in [-0.2, -0.15) is 0 Å². The summed E-state index contributed by atoms with van der Waals surface area (Å²) in [5, 5.41) is 3.86. The van der Waals surface area contributed by atoms with E-state index in [4.69, 9.17) is 0 Å². The maximum Gasteiger partial charge on any atom is 0.00980 e. The van der Waals surface area contributed by atoms with Crippen molar-refractivity contribution < 1.29 is 0 Å². The molecule has 2 aliphatic carbocycles. The van der Waals surface area contributed by atoms with Crippen LogP contribution in [0.3, 0.4) is 0 Å². The Kier molecular flexibility index (Phi) is 6.87. The molecule has 1 heteroatoms. The van der Waals surface area contributed by atoms with Gasteiger partial charge in [-0.05, 0) is 55.9 Å². The standard InChI is InChI=1S/C19H37N/c1-4-20-19(14-17-9-7-5-6-8-10-17)18-12-15(2)11-16(3)13-18/h15-20H,4-14H2,1-3H3. The van der Waals surface area contributed by atoms with E-state index in [1.807, 2.05) is 0 Å². The molecule has 0 aromatic carbocycles. The zero-order valence-corrected chi connectivity index (χ0v) is 14.2. The molecule has 2 fully saturated rings. The summed E-state index contributed by atoms with van der Waals surface area (Å²) in [6.45, 7) is 8.38. The van der Waals surface area contributed by atoms with Gasteiger partial charge in [0, 0.05) is 6.04 Å². The Morgan fingerprint density at radius 3 is 2.05 bits per heavy atom. The van der Waals surface area contributed by atoms with Gasteiger partial charge in [-0.15, -0.1) is 0 Å². The summed E-state index contributed by atoms with van der Waals surface area (Å²) in [5.41, 5.74) is 0. The smallest absolute Gasteiger partial charge is 0.00980 e. The minimum absolute atomic E-state index is 0.799. The summed E-state index contributed by atoms with van der Waals surface area (Å²) in [6, 6.07) is 0.799. The van der Waals surface area contributed by atoms with E-state index in [2.05, 4.69) is 26.1 Å². The summed E-state index contributed by atoms with van der Waals surface area (Å²) in [7, 11) is 0. The molecule has 1 nitrogen and oxygen atoms in total. The Labute approximate surface area is 127 Å². The van der Waals surface area contributed by atoms with Crippen LogP contribution in [0.4, 0.5) is 0 Å². The molecule has 3 atom stereocenters. The highest BCUT2D eigenvalue weighted by atomic mass is 14.9. The third kappa shape index (κ3) is 5.06. The second-order valence-electron chi connectivity index (χ2n) is 7.93. The van der Waals surface area contributed by atoms with E-state index in [0.717, 1.165) is 36.3 Å². The maximum absolute atomic E-state index is 3.86. The van der Waals surface area contributed by atoms with Crippen molar-refractivity contribution in [1.29, 1.82) is 0 Å². The molecular formula is C19H37N. The monoisotopic (exact) mass is 279 g/mol. The number of hydrogen-bond donors (Lipinski definition) is 1. The van der Waals surface area contributed by atoms with Gasteiger partial charge in [0.1, 0.15) is 0 Å². The Balaban J connectivity index is 1.91. The lowest BCUT2D eigenvalue weighted by Gasteiger charge is -2.38. The Morgan fingerprint density at radius 1 is 0.900 bits per heavy atom. The molecule has 0 bridgehead atoms. The predicted octanol–water partition coefficient (Wildman–Crippen LogP) is 5.40. The molecule has 20 heavy (non-hydrogen) atoms. The molecule has 0 aliphatic heterocycles. The molecule has 0 radical (unpaired) electrons. The summed E-state index contributed by atoms with van der Waals surface area (Å²) >= 11 is 0. The van der Waals surface area contributed by atoms with Gasteiger partial charge in [-0.1, -0.05) is 59.3 Å². The molecule has 2 saturated carbocycles. The van der Waals surface area contributed by atoms with Crippen LogP contribution >= 0.6 is 0 Å². The molecule has 118 valence electrons. The van der Waals surface area contributed by atoms with Gasteiger partial charge in [-0.25, -0.2) is 0 Å². The molecule has 1 N–H and O–H groups in total. The second kappa shape index (κ2) is 8.41. The van der Waals surface area contributed by atoms with Gasteiger partial charge in [0.15, 0.2) is 0 Å².